The fourth-order valence-electron chi connectivity index (χ4n) is 2.04. The van der Waals surface area contributed by atoms with Crippen LogP contribution in [0.2, 0.25) is 0 Å². The number of likely N-dealkylation sites (N-methyl/N-ethyl adjacent to an activating group) is 1. The number of carbonyl (C=O) groups is 3. The van der Waals surface area contributed by atoms with Gasteiger partial charge in [0, 0.05) is 13.0 Å². The third-order valence-corrected chi connectivity index (χ3v) is 3.35. The molecule has 0 saturated heterocycles. The number of hydrogen-bond acceptors (Lipinski definition) is 4. The van der Waals surface area contributed by atoms with Gasteiger partial charge in [-0.2, -0.15) is 0 Å². The molecule has 0 bridgehead atoms. The van der Waals surface area contributed by atoms with Gasteiger partial charge in [-0.3, -0.25) is 14.4 Å². The summed E-state index contributed by atoms with van der Waals surface area (Å²) in [5.41, 5.74) is 6.20. The number of nitrogens with one attached hydrogen (secondary N) is 3. The van der Waals surface area contributed by atoms with Crippen molar-refractivity contribution in [3.05, 3.63) is 35.9 Å². The van der Waals surface area contributed by atoms with Crippen LogP contribution in [-0.2, 0) is 20.8 Å². The highest BCUT2D eigenvalue weighted by molar-refractivity contribution is 5.87. The topological polar surface area (TPSA) is 113 Å². The Morgan fingerprint density at radius 1 is 1.13 bits per heavy atom. The smallest absolute Gasteiger partial charge is 0.239 e. The van der Waals surface area contributed by atoms with Gasteiger partial charge in [-0.05, 0) is 25.5 Å². The second-order valence-corrected chi connectivity index (χ2v) is 5.15. The second kappa shape index (κ2) is 10.3. The molecule has 5 N–H and O–H groups in total. The van der Waals surface area contributed by atoms with Crippen molar-refractivity contribution in [3.8, 4) is 0 Å². The molecule has 126 valence electrons. The third kappa shape index (κ3) is 7.96. The van der Waals surface area contributed by atoms with Gasteiger partial charge >= 0.3 is 0 Å². The van der Waals surface area contributed by atoms with E-state index in [2.05, 4.69) is 16.0 Å². The molecular formula is C16H24N4O3. The van der Waals surface area contributed by atoms with Crippen molar-refractivity contribution in [1.29, 1.82) is 0 Å². The van der Waals surface area contributed by atoms with E-state index in [9.17, 15) is 14.4 Å². The zero-order valence-electron chi connectivity index (χ0n) is 13.3. The van der Waals surface area contributed by atoms with E-state index in [1.54, 1.807) is 7.05 Å². The molecule has 1 aromatic rings. The fourth-order valence-corrected chi connectivity index (χ4v) is 2.04. The van der Waals surface area contributed by atoms with Gasteiger partial charge in [-0.15, -0.1) is 0 Å². The largest absolute Gasteiger partial charge is 0.370 e. The van der Waals surface area contributed by atoms with E-state index in [1.807, 2.05) is 30.3 Å². The first-order chi connectivity index (χ1) is 11.0. The van der Waals surface area contributed by atoms with Gasteiger partial charge < -0.3 is 21.7 Å². The molecule has 1 atom stereocenters. The predicted molar refractivity (Wildman–Crippen MR) is 87.4 cm³/mol. The summed E-state index contributed by atoms with van der Waals surface area (Å²) in [5.74, 6) is -1.04. The van der Waals surface area contributed by atoms with Crippen molar-refractivity contribution in [2.75, 3.05) is 20.1 Å². The molecule has 23 heavy (non-hydrogen) atoms. The summed E-state index contributed by atoms with van der Waals surface area (Å²) in [6, 6.07) is 9.27. The number of rotatable bonds is 10. The summed E-state index contributed by atoms with van der Waals surface area (Å²) >= 11 is 0. The molecular weight excluding hydrogens is 296 g/mol. The van der Waals surface area contributed by atoms with Gasteiger partial charge in [-0.25, -0.2) is 0 Å². The number of primary amides is 1. The first-order valence-electron chi connectivity index (χ1n) is 7.57. The van der Waals surface area contributed by atoms with E-state index in [4.69, 9.17) is 5.73 Å². The van der Waals surface area contributed by atoms with Crippen LogP contribution in [0.3, 0.4) is 0 Å². The minimum atomic E-state index is -0.542. The van der Waals surface area contributed by atoms with Gasteiger partial charge in [0.2, 0.25) is 17.7 Å². The summed E-state index contributed by atoms with van der Waals surface area (Å²) in [4.78, 5) is 34.3. The van der Waals surface area contributed by atoms with Crippen molar-refractivity contribution in [3.63, 3.8) is 0 Å². The highest BCUT2D eigenvalue weighted by Gasteiger charge is 2.17. The van der Waals surface area contributed by atoms with Crippen molar-refractivity contribution < 1.29 is 14.4 Å². The van der Waals surface area contributed by atoms with Crippen molar-refractivity contribution in [1.82, 2.24) is 16.0 Å². The molecule has 0 heterocycles. The first-order valence-corrected chi connectivity index (χ1v) is 7.57. The van der Waals surface area contributed by atoms with Gasteiger partial charge in [0.25, 0.3) is 0 Å². The lowest BCUT2D eigenvalue weighted by molar-refractivity contribution is -0.127. The number of benzene rings is 1. The van der Waals surface area contributed by atoms with E-state index >= 15 is 0 Å². The fraction of sp³-hybridized carbons (Fsp3) is 0.438. The first kappa shape index (κ1) is 18.6. The van der Waals surface area contributed by atoms with Gasteiger partial charge in [0.05, 0.1) is 12.6 Å². The Morgan fingerprint density at radius 2 is 1.83 bits per heavy atom. The standard InChI is InChI=1S/C16H24N4O3/c1-18-13(7-8-14(17)21)16(23)20-11-15(22)19-10-9-12-5-3-2-4-6-12/h2-6,13,18H,7-11H2,1H3,(H2,17,21)(H,19,22)(H,20,23). The molecule has 0 aliphatic heterocycles. The van der Waals surface area contributed by atoms with Crippen LogP contribution in [0.25, 0.3) is 0 Å². The van der Waals surface area contributed by atoms with Crippen LogP contribution in [0, 0.1) is 0 Å². The molecule has 1 aromatic carbocycles. The van der Waals surface area contributed by atoms with Crippen molar-refractivity contribution in [2.45, 2.75) is 25.3 Å². The number of amides is 3. The number of hydrogen-bond donors (Lipinski definition) is 4. The van der Waals surface area contributed by atoms with Crippen LogP contribution < -0.4 is 21.7 Å². The normalized spacial score (nSPS) is 11.5. The maximum absolute atomic E-state index is 11.9. The van der Waals surface area contributed by atoms with Gasteiger partial charge in [0.1, 0.15) is 0 Å². The zero-order chi connectivity index (χ0) is 17.1. The Morgan fingerprint density at radius 3 is 2.43 bits per heavy atom. The molecule has 0 spiro atoms. The Labute approximate surface area is 136 Å². The van der Waals surface area contributed by atoms with Crippen LogP contribution in [0.5, 0.6) is 0 Å². The average Bonchev–Trinajstić information content (AvgIpc) is 2.54. The van der Waals surface area contributed by atoms with Crippen LogP contribution in [0.15, 0.2) is 30.3 Å². The summed E-state index contributed by atoms with van der Waals surface area (Å²) in [5, 5.41) is 8.08. The summed E-state index contributed by atoms with van der Waals surface area (Å²) in [7, 11) is 1.62. The van der Waals surface area contributed by atoms with Crippen LogP contribution >= 0.6 is 0 Å². The quantitative estimate of drug-likeness (QED) is 0.457. The number of carbonyl (C=O) groups excluding carboxylic acids is 3. The SMILES string of the molecule is CNC(CCC(N)=O)C(=O)NCC(=O)NCCc1ccccc1. The molecule has 1 rings (SSSR count). The monoisotopic (exact) mass is 320 g/mol. The van der Waals surface area contributed by atoms with E-state index in [1.165, 1.54) is 0 Å². The lowest BCUT2D eigenvalue weighted by Crippen LogP contribution is -2.46. The van der Waals surface area contributed by atoms with E-state index < -0.39 is 11.9 Å². The zero-order valence-corrected chi connectivity index (χ0v) is 13.3. The summed E-state index contributed by atoms with van der Waals surface area (Å²) in [6.45, 7) is 0.415. The van der Waals surface area contributed by atoms with Crippen molar-refractivity contribution in [2.24, 2.45) is 5.73 Å². The molecule has 1 unspecified atom stereocenters. The van der Waals surface area contributed by atoms with Crippen LogP contribution in [-0.4, -0.2) is 43.9 Å². The lowest BCUT2D eigenvalue weighted by atomic mass is 10.1. The Balaban J connectivity index is 2.23. The minimum Gasteiger partial charge on any atom is -0.370 e. The lowest BCUT2D eigenvalue weighted by Gasteiger charge is -2.15. The molecule has 0 radical (unpaired) electrons. The molecule has 0 aliphatic rings. The maximum atomic E-state index is 11.9. The van der Waals surface area contributed by atoms with E-state index in [0.717, 1.165) is 12.0 Å². The molecule has 0 saturated carbocycles. The Hall–Kier alpha value is -2.41. The van der Waals surface area contributed by atoms with E-state index in [0.29, 0.717) is 13.0 Å². The van der Waals surface area contributed by atoms with Crippen LogP contribution in [0.1, 0.15) is 18.4 Å². The molecule has 3 amide bonds. The minimum absolute atomic E-state index is 0.0949. The summed E-state index contributed by atoms with van der Waals surface area (Å²) < 4.78 is 0. The highest BCUT2D eigenvalue weighted by atomic mass is 16.2. The average molecular weight is 320 g/mol. The third-order valence-electron chi connectivity index (χ3n) is 3.35. The van der Waals surface area contributed by atoms with Crippen molar-refractivity contribution >= 4 is 17.7 Å². The maximum Gasteiger partial charge on any atom is 0.239 e. The molecule has 7 heteroatoms. The highest BCUT2D eigenvalue weighted by Crippen LogP contribution is 1.98. The molecule has 0 aromatic heterocycles. The number of nitrogens with two attached hydrogens (primary N) is 1. The Kier molecular flexibility index (Phi) is 8.38. The molecule has 0 aliphatic carbocycles. The molecule has 0 fully saturated rings. The molecule has 7 nitrogen and oxygen atoms in total. The van der Waals surface area contributed by atoms with Gasteiger partial charge in [-0.1, -0.05) is 30.3 Å². The predicted octanol–water partition coefficient (Wildman–Crippen LogP) is -0.685. The van der Waals surface area contributed by atoms with Crippen LogP contribution in [0.4, 0.5) is 0 Å². The van der Waals surface area contributed by atoms with Gasteiger partial charge in [0.15, 0.2) is 0 Å². The second-order valence-electron chi connectivity index (χ2n) is 5.15. The summed E-state index contributed by atoms with van der Waals surface area (Å²) in [6.07, 6.45) is 1.15. The Bertz CT molecular complexity index is 519. The van der Waals surface area contributed by atoms with E-state index in [-0.39, 0.29) is 24.8 Å².